The van der Waals surface area contributed by atoms with E-state index < -0.39 is 11.8 Å². The lowest BCUT2D eigenvalue weighted by Crippen LogP contribution is -2.35. The molecule has 0 saturated carbocycles. The Kier molecular flexibility index (Phi) is 3.73. The van der Waals surface area contributed by atoms with Gasteiger partial charge in [0.25, 0.3) is 0 Å². The van der Waals surface area contributed by atoms with Crippen molar-refractivity contribution in [2.24, 2.45) is 10.9 Å². The first kappa shape index (κ1) is 12.0. The first-order chi connectivity index (χ1) is 8.15. The van der Waals surface area contributed by atoms with E-state index in [1.165, 1.54) is 12.8 Å². The number of hydrogen-bond donors (Lipinski definition) is 2. The minimum atomic E-state index is -0.629. The second-order valence-corrected chi connectivity index (χ2v) is 4.66. The molecule has 2 heterocycles. The molecule has 6 nitrogen and oxygen atoms in total. The molecule has 0 aromatic heterocycles. The van der Waals surface area contributed by atoms with Crippen molar-refractivity contribution in [1.29, 1.82) is 0 Å². The molecule has 0 aliphatic carbocycles. The van der Waals surface area contributed by atoms with Gasteiger partial charge in [-0.2, -0.15) is 0 Å². The van der Waals surface area contributed by atoms with Crippen molar-refractivity contribution in [1.82, 2.24) is 15.5 Å². The average molecular weight is 238 g/mol. The van der Waals surface area contributed by atoms with Crippen LogP contribution in [-0.4, -0.2) is 48.9 Å². The number of nitrogens with one attached hydrogen (secondary N) is 2. The molecule has 0 spiro atoms. The molecule has 0 atom stereocenters. The fourth-order valence-electron chi connectivity index (χ4n) is 2.03. The maximum Gasteiger partial charge on any atom is 0.316 e. The second kappa shape index (κ2) is 5.27. The fourth-order valence-corrected chi connectivity index (χ4v) is 2.03. The molecular formula is C11H18N4O2. The van der Waals surface area contributed by atoms with Crippen LogP contribution in [0.15, 0.2) is 4.99 Å². The third-order valence-electron chi connectivity index (χ3n) is 3.23. The maximum atomic E-state index is 10.9. The van der Waals surface area contributed by atoms with E-state index in [1.807, 2.05) is 0 Å². The molecule has 2 aliphatic rings. The quantitative estimate of drug-likeness (QED) is 0.640. The van der Waals surface area contributed by atoms with Crippen molar-refractivity contribution < 1.29 is 9.59 Å². The SMILES string of the molecule is CC1CCN(CCN=C2NC(=O)C(=O)N2)CC1. The summed E-state index contributed by atoms with van der Waals surface area (Å²) in [4.78, 5) is 28.3. The number of hydrogen-bond acceptors (Lipinski definition) is 4. The van der Waals surface area contributed by atoms with Gasteiger partial charge in [0.05, 0.1) is 6.54 Å². The van der Waals surface area contributed by atoms with E-state index in [4.69, 9.17) is 0 Å². The number of amides is 2. The highest BCUT2D eigenvalue weighted by Gasteiger charge is 2.24. The summed E-state index contributed by atoms with van der Waals surface area (Å²) in [6, 6.07) is 0. The zero-order chi connectivity index (χ0) is 12.3. The Morgan fingerprint density at radius 3 is 2.41 bits per heavy atom. The third-order valence-corrected chi connectivity index (χ3v) is 3.23. The largest absolute Gasteiger partial charge is 0.316 e. The summed E-state index contributed by atoms with van der Waals surface area (Å²) in [7, 11) is 0. The number of aliphatic imine (C=N–C) groups is 1. The first-order valence-electron chi connectivity index (χ1n) is 6.04. The molecule has 2 N–H and O–H groups in total. The van der Waals surface area contributed by atoms with Crippen molar-refractivity contribution >= 4 is 17.8 Å². The predicted octanol–water partition coefficient (Wildman–Crippen LogP) is -0.680. The Morgan fingerprint density at radius 1 is 1.24 bits per heavy atom. The monoisotopic (exact) mass is 238 g/mol. The lowest BCUT2D eigenvalue weighted by Gasteiger charge is -2.29. The topological polar surface area (TPSA) is 73.8 Å². The molecule has 6 heteroatoms. The number of nitrogens with zero attached hydrogens (tertiary/aromatic N) is 2. The van der Waals surface area contributed by atoms with Gasteiger partial charge in [0.1, 0.15) is 0 Å². The number of carbonyl (C=O) groups excluding carboxylic acids is 2. The van der Waals surface area contributed by atoms with E-state index in [-0.39, 0.29) is 5.96 Å². The Labute approximate surface area is 100 Å². The maximum absolute atomic E-state index is 10.9. The van der Waals surface area contributed by atoms with E-state index in [2.05, 4.69) is 27.4 Å². The van der Waals surface area contributed by atoms with Gasteiger partial charge in [-0.05, 0) is 31.8 Å². The minimum absolute atomic E-state index is 0.283. The Bertz CT molecular complexity index is 327. The molecule has 2 saturated heterocycles. The summed E-state index contributed by atoms with van der Waals surface area (Å²) in [5, 5.41) is 4.76. The molecule has 2 aliphatic heterocycles. The van der Waals surface area contributed by atoms with Gasteiger partial charge in [-0.15, -0.1) is 0 Å². The Hall–Kier alpha value is -1.43. The van der Waals surface area contributed by atoms with Gasteiger partial charge in [-0.1, -0.05) is 6.92 Å². The minimum Gasteiger partial charge on any atom is -0.301 e. The molecule has 0 radical (unpaired) electrons. The molecule has 2 amide bonds. The molecule has 2 rings (SSSR count). The lowest BCUT2D eigenvalue weighted by molar-refractivity contribution is -0.135. The fraction of sp³-hybridized carbons (Fsp3) is 0.727. The zero-order valence-electron chi connectivity index (χ0n) is 10.0. The van der Waals surface area contributed by atoms with Gasteiger partial charge in [0.15, 0.2) is 0 Å². The van der Waals surface area contributed by atoms with E-state index >= 15 is 0 Å². The van der Waals surface area contributed by atoms with Crippen LogP contribution >= 0.6 is 0 Å². The van der Waals surface area contributed by atoms with Gasteiger partial charge in [0.2, 0.25) is 5.96 Å². The van der Waals surface area contributed by atoms with Crippen molar-refractivity contribution in [3.63, 3.8) is 0 Å². The summed E-state index contributed by atoms with van der Waals surface area (Å²) in [5.41, 5.74) is 0. The number of rotatable bonds is 3. The molecule has 0 aromatic carbocycles. The summed E-state index contributed by atoms with van der Waals surface area (Å²) in [6.45, 7) is 5.99. The molecule has 0 aromatic rings. The van der Waals surface area contributed by atoms with Crippen molar-refractivity contribution in [3.8, 4) is 0 Å². The van der Waals surface area contributed by atoms with Gasteiger partial charge in [-0.3, -0.25) is 25.2 Å². The number of likely N-dealkylation sites (tertiary alicyclic amines) is 1. The number of carbonyl (C=O) groups is 2. The van der Waals surface area contributed by atoms with Crippen molar-refractivity contribution in [2.75, 3.05) is 26.2 Å². The van der Waals surface area contributed by atoms with Crippen LogP contribution in [0, 0.1) is 5.92 Å². The van der Waals surface area contributed by atoms with E-state index in [9.17, 15) is 9.59 Å². The highest BCUT2D eigenvalue weighted by Crippen LogP contribution is 2.15. The van der Waals surface area contributed by atoms with Crippen LogP contribution in [-0.2, 0) is 9.59 Å². The van der Waals surface area contributed by atoms with Crippen molar-refractivity contribution in [2.45, 2.75) is 19.8 Å². The van der Waals surface area contributed by atoms with Crippen LogP contribution in [0.5, 0.6) is 0 Å². The highest BCUT2D eigenvalue weighted by atomic mass is 16.2. The summed E-state index contributed by atoms with van der Waals surface area (Å²) < 4.78 is 0. The van der Waals surface area contributed by atoms with Gasteiger partial charge >= 0.3 is 11.8 Å². The van der Waals surface area contributed by atoms with Gasteiger partial charge < -0.3 is 4.90 Å². The lowest BCUT2D eigenvalue weighted by atomic mass is 9.99. The van der Waals surface area contributed by atoms with E-state index in [1.54, 1.807) is 0 Å². The van der Waals surface area contributed by atoms with Gasteiger partial charge in [-0.25, -0.2) is 0 Å². The smallest absolute Gasteiger partial charge is 0.301 e. The van der Waals surface area contributed by atoms with Crippen LogP contribution < -0.4 is 10.6 Å². The van der Waals surface area contributed by atoms with E-state index in [0.717, 1.165) is 25.6 Å². The van der Waals surface area contributed by atoms with Gasteiger partial charge in [0, 0.05) is 6.54 Å². The van der Waals surface area contributed by atoms with Crippen LogP contribution in [0.2, 0.25) is 0 Å². The second-order valence-electron chi connectivity index (χ2n) is 4.66. The van der Waals surface area contributed by atoms with Crippen LogP contribution in [0.25, 0.3) is 0 Å². The predicted molar refractivity (Wildman–Crippen MR) is 63.4 cm³/mol. The molecular weight excluding hydrogens is 220 g/mol. The number of piperidine rings is 1. The van der Waals surface area contributed by atoms with Crippen LogP contribution in [0.1, 0.15) is 19.8 Å². The van der Waals surface area contributed by atoms with Crippen LogP contribution in [0.4, 0.5) is 0 Å². The average Bonchev–Trinajstić information content (AvgIpc) is 2.61. The molecule has 17 heavy (non-hydrogen) atoms. The zero-order valence-corrected chi connectivity index (χ0v) is 10.0. The normalized spacial score (nSPS) is 22.5. The number of guanidine groups is 1. The molecule has 0 bridgehead atoms. The third kappa shape index (κ3) is 3.26. The molecule has 94 valence electrons. The van der Waals surface area contributed by atoms with Crippen LogP contribution in [0.3, 0.4) is 0 Å². The Morgan fingerprint density at radius 2 is 1.82 bits per heavy atom. The standard InChI is InChI=1S/C11H18N4O2/c1-8-2-5-15(6-3-8)7-4-12-11-13-9(16)10(17)14-11/h8H,2-7H2,1H3,(H2,12,13,14,16,17). The Balaban J connectivity index is 1.71. The summed E-state index contributed by atoms with van der Waals surface area (Å²) in [6.07, 6.45) is 2.48. The highest BCUT2D eigenvalue weighted by molar-refractivity contribution is 6.45. The van der Waals surface area contributed by atoms with E-state index in [0.29, 0.717) is 6.54 Å². The van der Waals surface area contributed by atoms with Crippen molar-refractivity contribution in [3.05, 3.63) is 0 Å². The summed E-state index contributed by atoms with van der Waals surface area (Å²) >= 11 is 0. The molecule has 0 unspecified atom stereocenters. The summed E-state index contributed by atoms with van der Waals surface area (Å²) in [5.74, 6) is -0.151. The first-order valence-corrected chi connectivity index (χ1v) is 6.04. The molecule has 2 fully saturated rings.